The lowest BCUT2D eigenvalue weighted by atomic mass is 10.1. The molecule has 1 aliphatic rings. The Morgan fingerprint density at radius 2 is 1.42 bits per heavy atom. The molecule has 1 N–H and O–H groups in total. The molecule has 168 valence electrons. The normalized spacial score (nSPS) is 20.7. The van der Waals surface area contributed by atoms with E-state index < -0.39 is 29.6 Å². The number of hydrogen-bond donors (Lipinski definition) is 1. The lowest BCUT2D eigenvalue weighted by molar-refractivity contribution is 0.218. The van der Waals surface area contributed by atoms with Crippen LogP contribution in [0.2, 0.25) is 5.04 Å². The van der Waals surface area contributed by atoms with E-state index in [2.05, 4.69) is 74.0 Å². The van der Waals surface area contributed by atoms with Crippen molar-refractivity contribution < 1.29 is 13.4 Å². The van der Waals surface area contributed by atoms with Gasteiger partial charge in [0.15, 0.2) is 0 Å². The highest BCUT2D eigenvalue weighted by atomic mass is 32.2. The molecular weight excluding hydrogens is 422 g/mol. The molecule has 1 aliphatic heterocycles. The van der Waals surface area contributed by atoms with Crippen molar-refractivity contribution in [1.82, 2.24) is 4.72 Å². The van der Waals surface area contributed by atoms with Crippen LogP contribution < -0.4 is 15.1 Å². The highest BCUT2D eigenvalue weighted by Gasteiger charge is 2.55. The fraction of sp³-hybridized carbons (Fsp3) is 0.440. The van der Waals surface area contributed by atoms with Gasteiger partial charge in [-0.15, -0.1) is 0 Å². The van der Waals surface area contributed by atoms with Crippen molar-refractivity contribution in [2.24, 2.45) is 0 Å². The molecule has 3 rings (SSSR count). The van der Waals surface area contributed by atoms with Gasteiger partial charge in [0.2, 0.25) is 0 Å². The SMILES string of the molecule is CC1(NS(=O)C(C)(C)C)COC=C1O[Si](c1ccccc1)(c1ccccc1)C(C)(C)C. The molecule has 2 aromatic rings. The quantitative estimate of drug-likeness (QED) is 0.660. The summed E-state index contributed by atoms with van der Waals surface area (Å²) in [5, 5.41) is 2.23. The molecule has 0 radical (unpaired) electrons. The number of ether oxygens (including phenoxy) is 1. The minimum Gasteiger partial charge on any atom is -0.533 e. The second-order valence-corrected chi connectivity index (χ2v) is 16.6. The predicted octanol–water partition coefficient (Wildman–Crippen LogP) is 4.25. The van der Waals surface area contributed by atoms with Gasteiger partial charge in [-0.2, -0.15) is 0 Å². The largest absolute Gasteiger partial charge is 0.533 e. The summed E-state index contributed by atoms with van der Waals surface area (Å²) >= 11 is 0. The molecular formula is C25H35NO3SSi. The van der Waals surface area contributed by atoms with Crippen LogP contribution in [0.1, 0.15) is 48.5 Å². The maximum atomic E-state index is 12.9. The van der Waals surface area contributed by atoms with Gasteiger partial charge in [-0.05, 0) is 43.1 Å². The number of hydrogen-bond acceptors (Lipinski definition) is 3. The maximum absolute atomic E-state index is 12.9. The molecule has 0 spiro atoms. The van der Waals surface area contributed by atoms with Gasteiger partial charge in [0.25, 0.3) is 0 Å². The smallest absolute Gasteiger partial charge is 0.319 e. The third kappa shape index (κ3) is 4.66. The Morgan fingerprint density at radius 3 is 1.84 bits per heavy atom. The average molecular weight is 458 g/mol. The Balaban J connectivity index is 2.12. The maximum Gasteiger partial charge on any atom is 0.319 e. The van der Waals surface area contributed by atoms with Gasteiger partial charge in [-0.3, -0.25) is 0 Å². The zero-order valence-electron chi connectivity index (χ0n) is 19.7. The Bertz CT molecular complexity index is 909. The van der Waals surface area contributed by atoms with Gasteiger partial charge in [0, 0.05) is 0 Å². The molecule has 0 aromatic heterocycles. The summed E-state index contributed by atoms with van der Waals surface area (Å²) in [5.41, 5.74) is -0.675. The first-order valence-electron chi connectivity index (χ1n) is 10.7. The second kappa shape index (κ2) is 8.56. The Labute approximate surface area is 190 Å². The monoisotopic (exact) mass is 457 g/mol. The van der Waals surface area contributed by atoms with E-state index in [9.17, 15) is 4.21 Å². The van der Waals surface area contributed by atoms with E-state index in [0.717, 1.165) is 0 Å². The minimum atomic E-state index is -2.79. The first kappa shape index (κ1) is 23.8. The summed E-state index contributed by atoms with van der Waals surface area (Å²) in [4.78, 5) is 0. The highest BCUT2D eigenvalue weighted by molar-refractivity contribution is 7.84. The van der Waals surface area contributed by atoms with E-state index in [1.165, 1.54) is 10.4 Å². The zero-order valence-corrected chi connectivity index (χ0v) is 21.5. The lowest BCUT2D eigenvalue weighted by Gasteiger charge is -2.45. The van der Waals surface area contributed by atoms with Gasteiger partial charge in [-0.25, -0.2) is 8.93 Å². The Hall–Kier alpha value is -1.89. The van der Waals surface area contributed by atoms with Crippen molar-refractivity contribution in [2.75, 3.05) is 6.61 Å². The van der Waals surface area contributed by atoms with E-state index in [1.54, 1.807) is 6.26 Å². The fourth-order valence-electron chi connectivity index (χ4n) is 3.87. The first-order valence-corrected chi connectivity index (χ1v) is 13.8. The number of benzene rings is 2. The van der Waals surface area contributed by atoms with Crippen molar-refractivity contribution in [3.05, 3.63) is 72.7 Å². The van der Waals surface area contributed by atoms with Crippen molar-refractivity contribution in [2.45, 2.75) is 63.8 Å². The topological polar surface area (TPSA) is 47.6 Å². The van der Waals surface area contributed by atoms with Crippen LogP contribution in [-0.4, -0.2) is 29.4 Å². The van der Waals surface area contributed by atoms with Crippen LogP contribution in [0.15, 0.2) is 72.7 Å². The molecule has 4 nitrogen and oxygen atoms in total. The molecule has 2 aromatic carbocycles. The van der Waals surface area contributed by atoms with Crippen LogP contribution in [0.3, 0.4) is 0 Å². The van der Waals surface area contributed by atoms with Gasteiger partial charge in [-0.1, -0.05) is 81.4 Å². The number of rotatable bonds is 6. The van der Waals surface area contributed by atoms with Crippen LogP contribution in [0, 0.1) is 0 Å². The molecule has 6 heteroatoms. The average Bonchev–Trinajstić information content (AvgIpc) is 3.05. The van der Waals surface area contributed by atoms with Crippen molar-refractivity contribution >= 4 is 29.7 Å². The lowest BCUT2D eigenvalue weighted by Crippen LogP contribution is -2.67. The third-order valence-corrected chi connectivity index (χ3v) is 12.3. The summed E-state index contributed by atoms with van der Waals surface area (Å²) in [7, 11) is -4.05. The molecule has 2 unspecified atom stereocenters. The van der Waals surface area contributed by atoms with Crippen molar-refractivity contribution in [3.8, 4) is 0 Å². The van der Waals surface area contributed by atoms with Crippen molar-refractivity contribution in [1.29, 1.82) is 0 Å². The van der Waals surface area contributed by atoms with Crippen LogP contribution in [-0.2, 0) is 20.1 Å². The van der Waals surface area contributed by atoms with Gasteiger partial charge < -0.3 is 9.16 Å². The summed E-state index contributed by atoms with van der Waals surface area (Å²) in [6.45, 7) is 15.0. The van der Waals surface area contributed by atoms with Gasteiger partial charge in [0.05, 0.1) is 15.7 Å². The summed E-state index contributed by atoms with van der Waals surface area (Å²) in [6, 6.07) is 21.0. The Morgan fingerprint density at radius 1 is 0.935 bits per heavy atom. The van der Waals surface area contributed by atoms with Gasteiger partial charge >= 0.3 is 8.32 Å². The van der Waals surface area contributed by atoms with E-state index in [1.807, 2.05) is 39.8 Å². The molecule has 0 saturated heterocycles. The molecule has 0 amide bonds. The molecule has 1 heterocycles. The summed E-state index contributed by atoms with van der Waals surface area (Å²) < 4.78 is 28.7. The molecule has 0 saturated carbocycles. The number of nitrogens with one attached hydrogen (secondary N) is 1. The van der Waals surface area contributed by atoms with Crippen LogP contribution in [0.25, 0.3) is 0 Å². The second-order valence-electron chi connectivity index (χ2n) is 10.4. The first-order chi connectivity index (χ1) is 14.4. The van der Waals surface area contributed by atoms with Crippen LogP contribution >= 0.6 is 0 Å². The van der Waals surface area contributed by atoms with E-state index in [0.29, 0.717) is 12.4 Å². The van der Waals surface area contributed by atoms with E-state index in [4.69, 9.17) is 9.16 Å². The minimum absolute atomic E-state index is 0.163. The molecule has 2 atom stereocenters. The van der Waals surface area contributed by atoms with Gasteiger partial charge in [0.1, 0.15) is 24.2 Å². The highest BCUT2D eigenvalue weighted by Crippen LogP contribution is 2.40. The van der Waals surface area contributed by atoms with Crippen LogP contribution in [0.4, 0.5) is 0 Å². The predicted molar refractivity (Wildman–Crippen MR) is 132 cm³/mol. The van der Waals surface area contributed by atoms with E-state index >= 15 is 0 Å². The third-order valence-electron chi connectivity index (χ3n) is 5.66. The zero-order chi connectivity index (χ0) is 22.9. The summed E-state index contributed by atoms with van der Waals surface area (Å²) in [5.74, 6) is 0.708. The standard InChI is InChI=1S/C25H35NO3SSi/c1-23(2,3)30(27)26-25(7)19-28-18-22(25)29-31(24(4,5)6,20-14-10-8-11-15-20)21-16-12-9-13-17-21/h8-18,26H,19H2,1-7H3. The molecule has 0 fully saturated rings. The molecule has 31 heavy (non-hydrogen) atoms. The molecule has 0 aliphatic carbocycles. The van der Waals surface area contributed by atoms with Crippen molar-refractivity contribution in [3.63, 3.8) is 0 Å². The molecule has 0 bridgehead atoms. The summed E-state index contributed by atoms with van der Waals surface area (Å²) in [6.07, 6.45) is 1.70. The van der Waals surface area contributed by atoms with E-state index in [-0.39, 0.29) is 5.04 Å². The fourth-order valence-corrected chi connectivity index (χ4v) is 9.28. The Kier molecular flexibility index (Phi) is 6.56. The van der Waals surface area contributed by atoms with Crippen LogP contribution in [0.5, 0.6) is 0 Å².